The molecule has 4 atom stereocenters. The molecule has 28 nitrogen and oxygen atoms in total. The molecule has 14 fully saturated rings. The fourth-order valence-electron chi connectivity index (χ4n) is 21.3. The second kappa shape index (κ2) is 53.8. The molecule has 1 unspecified atom stereocenters. The number of carbonyl (C=O) groups excluding carboxylic acids is 7. The summed E-state index contributed by atoms with van der Waals surface area (Å²) in [7, 11) is 25.7. The minimum Gasteiger partial charge on any atom is -0.468 e. The van der Waals surface area contributed by atoms with Crippen molar-refractivity contribution >= 4 is 41.5 Å². The molecule has 0 spiro atoms. The van der Waals surface area contributed by atoms with Crippen molar-refractivity contribution in [3.63, 3.8) is 0 Å². The number of esters is 1. The van der Waals surface area contributed by atoms with Crippen molar-refractivity contribution in [2.75, 3.05) is 242 Å². The van der Waals surface area contributed by atoms with Gasteiger partial charge in [0.2, 0.25) is 29.5 Å². The number of amides is 7. The van der Waals surface area contributed by atoms with E-state index in [0.717, 1.165) is 169 Å². The second-order valence-electron chi connectivity index (χ2n) is 37.8. The molecule has 0 aromatic rings. The number of hydrogen-bond donors (Lipinski definition) is 3. The lowest BCUT2D eigenvalue weighted by Crippen LogP contribution is -2.58. The van der Waals surface area contributed by atoms with Crippen molar-refractivity contribution in [3.05, 3.63) is 0 Å². The van der Waals surface area contributed by atoms with Gasteiger partial charge in [-0.15, -0.1) is 0 Å². The van der Waals surface area contributed by atoms with Crippen molar-refractivity contribution in [2.24, 2.45) is 0 Å². The SMILES string of the molecule is CCC(=O)N1CCCCN1C1CCN(C)CC1.CN1CCC(N2CCCCCC2=O)CC1.CN1CCC(N2CCCC[C@@H]2C(=O)N(C)C)CC1.CNC(=O)N1CCCCN1C1CCN(C)CC1.CNC(=O)[C@@H]1CCCCN1C1CCN(C)CC1.CNC(=O)[C@H]1CCCCN1C1CCN(C)CC1.COC(=O)C1CCCCCN1C1CCN(C)CC1. The minimum atomic E-state index is -0.0316. The number of nitrogens with zero attached hydrogens (tertiary/aromatic N) is 17. The summed E-state index contributed by atoms with van der Waals surface area (Å²) < 4.78 is 5.00. The fourth-order valence-corrected chi connectivity index (χ4v) is 21.3. The largest absolute Gasteiger partial charge is 0.468 e. The van der Waals surface area contributed by atoms with Gasteiger partial charge in [0.15, 0.2) is 0 Å². The summed E-state index contributed by atoms with van der Waals surface area (Å²) in [5, 5.41) is 17.0. The molecule has 3 N–H and O–H groups in total. The predicted molar refractivity (Wildman–Crippen MR) is 480 cm³/mol. The van der Waals surface area contributed by atoms with Crippen LogP contribution in [0, 0.1) is 0 Å². The second-order valence-corrected chi connectivity index (χ2v) is 37.8. The molecular formula is C91H174N20O8. The van der Waals surface area contributed by atoms with Crippen LogP contribution < -0.4 is 16.0 Å². The topological polar surface area (TPSA) is 220 Å². The number of urea groups is 1. The smallest absolute Gasteiger partial charge is 0.331 e. The van der Waals surface area contributed by atoms with Gasteiger partial charge in [0.25, 0.3) is 0 Å². The zero-order chi connectivity index (χ0) is 85.8. The van der Waals surface area contributed by atoms with Crippen LogP contribution in [0.1, 0.15) is 238 Å². The lowest BCUT2D eigenvalue weighted by molar-refractivity contribution is -0.161. The maximum Gasteiger partial charge on any atom is 0.331 e. The summed E-state index contributed by atoms with van der Waals surface area (Å²) in [5.41, 5.74) is 0. The van der Waals surface area contributed by atoms with Crippen LogP contribution in [-0.4, -0.2) is 434 Å². The molecule has 14 rings (SSSR count). The van der Waals surface area contributed by atoms with Crippen LogP contribution in [0.25, 0.3) is 0 Å². The highest BCUT2D eigenvalue weighted by molar-refractivity contribution is 5.83. The predicted octanol–water partition coefficient (Wildman–Crippen LogP) is 7.43. The molecule has 0 aromatic heterocycles. The Balaban J connectivity index is 0.000000173. The average Bonchev–Trinajstić information content (AvgIpc) is 1.76. The molecule has 0 radical (unpaired) electrons. The van der Waals surface area contributed by atoms with E-state index in [4.69, 9.17) is 4.74 Å². The van der Waals surface area contributed by atoms with Gasteiger partial charge >= 0.3 is 12.0 Å². The Morgan fingerprint density at radius 3 is 0.992 bits per heavy atom. The first kappa shape index (κ1) is 100.0. The molecule has 686 valence electrons. The number of piperidine rings is 10. The number of methoxy groups -OCH3 is 1. The Bertz CT molecular complexity index is 2670. The number of hydrazine groups is 2. The summed E-state index contributed by atoms with van der Waals surface area (Å²) in [4.78, 5) is 114. The van der Waals surface area contributed by atoms with E-state index in [0.29, 0.717) is 66.4 Å². The van der Waals surface area contributed by atoms with Gasteiger partial charge in [-0.1, -0.05) is 45.4 Å². The van der Waals surface area contributed by atoms with Crippen LogP contribution in [-0.2, 0) is 33.5 Å². The van der Waals surface area contributed by atoms with E-state index in [9.17, 15) is 33.6 Å². The fraction of sp³-hybridized carbons (Fsp3) is 0.923. The number of rotatable bonds is 12. The van der Waals surface area contributed by atoms with Crippen molar-refractivity contribution < 1.29 is 38.3 Å². The van der Waals surface area contributed by atoms with E-state index in [1.807, 2.05) is 31.0 Å². The number of carbonyl (C=O) groups is 7. The third kappa shape index (κ3) is 31.9. The minimum absolute atomic E-state index is 0.00547. The lowest BCUT2D eigenvalue weighted by Gasteiger charge is -2.45. The number of likely N-dealkylation sites (tertiary alicyclic amines) is 12. The molecule has 7 amide bonds. The third-order valence-corrected chi connectivity index (χ3v) is 29.0. The van der Waals surface area contributed by atoms with Crippen LogP contribution in [0.15, 0.2) is 0 Å². The normalized spacial score (nSPS) is 27.5. The van der Waals surface area contributed by atoms with Gasteiger partial charge in [0.05, 0.1) is 25.2 Å². The number of nitrogens with one attached hydrogen (secondary N) is 3. The van der Waals surface area contributed by atoms with E-state index in [2.05, 4.69) is 134 Å². The molecule has 14 saturated heterocycles. The van der Waals surface area contributed by atoms with Gasteiger partial charge in [0.1, 0.15) is 6.04 Å². The van der Waals surface area contributed by atoms with Gasteiger partial charge in [-0.05, 0) is 347 Å². The van der Waals surface area contributed by atoms with Crippen molar-refractivity contribution in [2.45, 2.75) is 305 Å². The number of ether oxygens (including phenoxy) is 1. The van der Waals surface area contributed by atoms with Gasteiger partial charge in [-0.25, -0.2) is 14.8 Å². The maximum atomic E-state index is 12.3. The maximum absolute atomic E-state index is 12.3. The van der Waals surface area contributed by atoms with Crippen molar-refractivity contribution in [1.82, 2.24) is 99.7 Å². The summed E-state index contributed by atoms with van der Waals surface area (Å²) >= 11 is 0. The van der Waals surface area contributed by atoms with Gasteiger partial charge in [-0.2, -0.15) is 0 Å². The van der Waals surface area contributed by atoms with Crippen LogP contribution in [0.5, 0.6) is 0 Å². The van der Waals surface area contributed by atoms with Crippen molar-refractivity contribution in [1.29, 1.82) is 0 Å². The summed E-state index contributed by atoms with van der Waals surface area (Å²) in [6.07, 6.45) is 41.5. The molecule has 0 saturated carbocycles. The van der Waals surface area contributed by atoms with Crippen molar-refractivity contribution in [3.8, 4) is 0 Å². The Morgan fingerprint density at radius 1 is 0.328 bits per heavy atom. The average molecular weight is 1680 g/mol. The lowest BCUT2D eigenvalue weighted by atomic mass is 9.94. The van der Waals surface area contributed by atoms with Gasteiger partial charge in [0, 0.05) is 123 Å². The molecule has 14 heterocycles. The van der Waals surface area contributed by atoms with Crippen LogP contribution in [0.4, 0.5) is 4.79 Å². The molecule has 14 aliphatic rings. The molecule has 119 heavy (non-hydrogen) atoms. The highest BCUT2D eigenvalue weighted by Gasteiger charge is 2.41. The Morgan fingerprint density at radius 2 is 0.622 bits per heavy atom. The first-order valence-electron chi connectivity index (χ1n) is 48.1. The van der Waals surface area contributed by atoms with E-state index in [1.165, 1.54) is 213 Å². The zero-order valence-electron chi connectivity index (χ0n) is 77.9. The quantitative estimate of drug-likeness (QED) is 0.162. The van der Waals surface area contributed by atoms with Crippen LogP contribution in [0.2, 0.25) is 0 Å². The molecule has 28 heteroatoms. The first-order chi connectivity index (χ1) is 57.5. The summed E-state index contributed by atoms with van der Waals surface area (Å²) in [6, 6.07) is 4.54. The molecule has 0 bridgehead atoms. The summed E-state index contributed by atoms with van der Waals surface area (Å²) in [5.74, 6) is 1.39. The summed E-state index contributed by atoms with van der Waals surface area (Å²) in [6.45, 7) is 27.5. The first-order valence-corrected chi connectivity index (χ1v) is 48.1. The van der Waals surface area contributed by atoms with E-state index in [-0.39, 0.29) is 48.0 Å². The molecule has 0 aliphatic carbocycles. The van der Waals surface area contributed by atoms with E-state index >= 15 is 0 Å². The zero-order valence-corrected chi connectivity index (χ0v) is 77.9. The Kier molecular flexibility index (Phi) is 45.2. The van der Waals surface area contributed by atoms with E-state index in [1.54, 1.807) is 26.0 Å². The highest BCUT2D eigenvalue weighted by Crippen LogP contribution is 2.32. The number of hydrogen-bond acceptors (Lipinski definition) is 21. The third-order valence-electron chi connectivity index (χ3n) is 29.0. The Hall–Kier alpha value is -4.43. The monoisotopic (exact) mass is 1680 g/mol. The van der Waals surface area contributed by atoms with E-state index < -0.39 is 0 Å². The standard InChI is InChI=1S/C14H27N3O.C14H26N2O2.3C13H25N3O.C12H24N4O.C12H22N2O/c1-15(2)14(18)13-6-4-5-9-17(13)12-7-10-16(3)11-8-12;1-15-10-7-12(8-11-15)16-9-5-3-4-6-13(16)14(17)18-2;2*1-14-13(17)12-5-3-4-8-16(12)11-6-9-15(2)10-7-11;1-3-13(17)16-9-5-4-8-15(16)12-6-10-14(2)11-7-12;1-13-12(17)16-8-4-3-7-15(16)11-5-9-14(2)10-6-11;1-13-9-6-11(7-10-13)14-8-4-2-3-5-12(14)15/h12-13H,4-11H2,1-3H3;12-13H,3-11H2,1-2H3;2*11-12H,3-10H2,1-2H3,(H,14,17);12H,3-11H2,1-2H3;11H,3-10H2,1-2H3,(H,13,17);11H,2-10H2,1H3/t13-;;2*12-;;;/m1.10.../s1. The van der Waals surface area contributed by atoms with Gasteiger partial charge < -0.3 is 64.8 Å². The van der Waals surface area contributed by atoms with Crippen LogP contribution >= 0.6 is 0 Å². The molecular weight excluding hydrogens is 1500 g/mol. The van der Waals surface area contributed by atoms with Gasteiger partial charge in [-0.3, -0.25) is 58.4 Å². The highest BCUT2D eigenvalue weighted by atomic mass is 16.5. The molecule has 14 aliphatic heterocycles. The Labute approximate surface area is 722 Å². The van der Waals surface area contributed by atoms with Crippen LogP contribution in [0.3, 0.4) is 0 Å². The number of likely N-dealkylation sites (N-methyl/N-ethyl adjacent to an activating group) is 3. The molecule has 0 aromatic carbocycles.